The fourth-order valence-electron chi connectivity index (χ4n) is 3.41. The number of nitrogens with one attached hydrogen (secondary N) is 1. The van der Waals surface area contributed by atoms with E-state index in [0.717, 1.165) is 32.1 Å². The highest BCUT2D eigenvalue weighted by molar-refractivity contribution is 5.99. The van der Waals surface area contributed by atoms with E-state index in [4.69, 9.17) is 9.26 Å². The van der Waals surface area contributed by atoms with Crippen molar-refractivity contribution in [2.45, 2.75) is 52.1 Å². The van der Waals surface area contributed by atoms with E-state index in [9.17, 15) is 9.59 Å². The van der Waals surface area contributed by atoms with Crippen LogP contribution < -0.4 is 5.32 Å². The first-order valence-corrected chi connectivity index (χ1v) is 10.3. The lowest BCUT2D eigenvalue weighted by Crippen LogP contribution is -2.42. The lowest BCUT2D eigenvalue weighted by atomic mass is 10.1. The molecule has 7 nitrogen and oxygen atoms in total. The van der Waals surface area contributed by atoms with E-state index in [1.54, 1.807) is 17.9 Å². The molecule has 2 aromatic rings. The molecule has 1 fully saturated rings. The summed E-state index contributed by atoms with van der Waals surface area (Å²) in [5.74, 6) is 0.464. The van der Waals surface area contributed by atoms with E-state index in [2.05, 4.69) is 17.4 Å². The Morgan fingerprint density at radius 3 is 2.69 bits per heavy atom. The summed E-state index contributed by atoms with van der Waals surface area (Å²) >= 11 is 0. The first kappa shape index (κ1) is 21.0. The molecule has 1 aromatic heterocycles. The largest absolute Gasteiger partial charge is 0.376 e. The van der Waals surface area contributed by atoms with Gasteiger partial charge in [0.05, 0.1) is 6.10 Å². The van der Waals surface area contributed by atoms with Gasteiger partial charge in [-0.05, 0) is 50.3 Å². The predicted octanol–water partition coefficient (Wildman–Crippen LogP) is 3.59. The number of carbonyl (C=O) groups is 2. The van der Waals surface area contributed by atoms with Gasteiger partial charge >= 0.3 is 0 Å². The predicted molar refractivity (Wildman–Crippen MR) is 110 cm³/mol. The summed E-state index contributed by atoms with van der Waals surface area (Å²) in [6, 6.07) is 9.30. The minimum absolute atomic E-state index is 0.0372. The van der Waals surface area contributed by atoms with Crippen LogP contribution in [-0.2, 0) is 16.0 Å². The molecule has 0 unspecified atom stereocenters. The minimum atomic E-state index is -0.316. The Bertz CT molecular complexity index is 810. The number of nitrogens with zero attached hydrogens (tertiary/aromatic N) is 2. The smallest absolute Gasteiger partial charge is 0.254 e. The second kappa shape index (κ2) is 10.2. The third-order valence-electron chi connectivity index (χ3n) is 4.99. The number of unbranched alkanes of at least 4 members (excludes halogenated alkanes) is 1. The number of aryl methyl sites for hydroxylation is 2. The maximum absolute atomic E-state index is 13.1. The molecular formula is C22H29N3O4. The van der Waals surface area contributed by atoms with Crippen molar-refractivity contribution in [1.29, 1.82) is 0 Å². The van der Waals surface area contributed by atoms with Gasteiger partial charge in [-0.1, -0.05) is 30.6 Å². The third-order valence-corrected chi connectivity index (χ3v) is 4.99. The molecule has 1 aliphatic rings. The highest BCUT2D eigenvalue weighted by atomic mass is 16.5. The zero-order chi connectivity index (χ0) is 20.6. The van der Waals surface area contributed by atoms with Gasteiger partial charge in [0.2, 0.25) is 5.91 Å². The minimum Gasteiger partial charge on any atom is -0.376 e. The van der Waals surface area contributed by atoms with Crippen molar-refractivity contribution in [2.24, 2.45) is 0 Å². The number of aromatic nitrogens is 1. The van der Waals surface area contributed by atoms with Gasteiger partial charge in [0.15, 0.2) is 5.82 Å². The fourth-order valence-corrected chi connectivity index (χ4v) is 3.41. The SMILES string of the molecule is CCCCc1ccc(C(=O)N(CC(=O)Nc2cc(C)on2)C[C@H]2CCCO2)cc1. The Morgan fingerprint density at radius 1 is 1.28 bits per heavy atom. The number of anilines is 1. The van der Waals surface area contributed by atoms with Gasteiger partial charge in [0.1, 0.15) is 12.3 Å². The van der Waals surface area contributed by atoms with Crippen molar-refractivity contribution in [3.05, 3.63) is 47.2 Å². The summed E-state index contributed by atoms with van der Waals surface area (Å²) < 4.78 is 10.7. The first-order valence-electron chi connectivity index (χ1n) is 10.3. The number of benzene rings is 1. The molecule has 2 heterocycles. The van der Waals surface area contributed by atoms with E-state index in [1.807, 2.05) is 24.3 Å². The second-order valence-electron chi connectivity index (χ2n) is 7.49. The van der Waals surface area contributed by atoms with Crippen molar-refractivity contribution in [1.82, 2.24) is 10.1 Å². The normalized spacial score (nSPS) is 16.0. The van der Waals surface area contributed by atoms with Crippen LogP contribution in [0, 0.1) is 6.92 Å². The van der Waals surface area contributed by atoms with Crippen LogP contribution in [0.3, 0.4) is 0 Å². The highest BCUT2D eigenvalue weighted by Crippen LogP contribution is 2.16. The van der Waals surface area contributed by atoms with Crippen LogP contribution in [0.5, 0.6) is 0 Å². The molecule has 2 amide bonds. The molecule has 1 saturated heterocycles. The van der Waals surface area contributed by atoms with Crippen LogP contribution >= 0.6 is 0 Å². The number of rotatable bonds is 9. The monoisotopic (exact) mass is 399 g/mol. The summed E-state index contributed by atoms with van der Waals surface area (Å²) in [4.78, 5) is 27.1. The molecule has 156 valence electrons. The zero-order valence-corrected chi connectivity index (χ0v) is 17.1. The molecule has 1 atom stereocenters. The van der Waals surface area contributed by atoms with Gasteiger partial charge in [-0.3, -0.25) is 9.59 Å². The Balaban J connectivity index is 1.67. The van der Waals surface area contributed by atoms with Crippen molar-refractivity contribution >= 4 is 17.6 Å². The van der Waals surface area contributed by atoms with Crippen molar-refractivity contribution in [3.8, 4) is 0 Å². The molecule has 0 saturated carbocycles. The van der Waals surface area contributed by atoms with Crippen molar-refractivity contribution < 1.29 is 18.8 Å². The topological polar surface area (TPSA) is 84.7 Å². The van der Waals surface area contributed by atoms with Gasteiger partial charge in [-0.15, -0.1) is 0 Å². The van der Waals surface area contributed by atoms with Crippen molar-refractivity contribution in [3.63, 3.8) is 0 Å². The Hall–Kier alpha value is -2.67. The average Bonchev–Trinajstić information content (AvgIpc) is 3.37. The highest BCUT2D eigenvalue weighted by Gasteiger charge is 2.25. The Kier molecular flexibility index (Phi) is 7.41. The van der Waals surface area contributed by atoms with Gasteiger partial charge < -0.3 is 19.5 Å². The van der Waals surface area contributed by atoms with Crippen LogP contribution in [0.25, 0.3) is 0 Å². The number of carbonyl (C=O) groups excluding carboxylic acids is 2. The summed E-state index contributed by atoms with van der Waals surface area (Å²) in [5.41, 5.74) is 1.79. The molecule has 1 aromatic carbocycles. The lowest BCUT2D eigenvalue weighted by Gasteiger charge is -2.25. The number of amides is 2. The first-order chi connectivity index (χ1) is 14.0. The molecule has 0 radical (unpaired) electrons. The lowest BCUT2D eigenvalue weighted by molar-refractivity contribution is -0.117. The Morgan fingerprint density at radius 2 is 2.07 bits per heavy atom. The maximum atomic E-state index is 13.1. The van der Waals surface area contributed by atoms with Crippen LogP contribution in [0.2, 0.25) is 0 Å². The third kappa shape index (κ3) is 6.15. The van der Waals surface area contributed by atoms with E-state index < -0.39 is 0 Å². The summed E-state index contributed by atoms with van der Waals surface area (Å²) in [7, 11) is 0. The molecular weight excluding hydrogens is 370 g/mol. The van der Waals surface area contributed by atoms with Crippen LogP contribution in [-0.4, -0.2) is 47.7 Å². The van der Waals surface area contributed by atoms with Gasteiger partial charge in [-0.25, -0.2) is 0 Å². The molecule has 7 heteroatoms. The standard InChI is InChI=1S/C22H29N3O4/c1-3-4-6-17-8-10-18(11-9-17)22(27)25(14-19-7-5-12-28-19)15-21(26)23-20-13-16(2)29-24-20/h8-11,13,19H,3-7,12,14-15H2,1-2H3,(H,23,24,26)/t19-/m1/s1. The molecule has 3 rings (SSSR count). The summed E-state index contributed by atoms with van der Waals surface area (Å²) in [6.45, 7) is 4.93. The van der Waals surface area contributed by atoms with E-state index in [1.165, 1.54) is 5.56 Å². The van der Waals surface area contributed by atoms with E-state index in [0.29, 0.717) is 30.3 Å². The molecule has 0 spiro atoms. The molecule has 29 heavy (non-hydrogen) atoms. The van der Waals surface area contributed by atoms with Crippen LogP contribution in [0.4, 0.5) is 5.82 Å². The molecule has 1 aliphatic heterocycles. The quantitative estimate of drug-likeness (QED) is 0.697. The summed E-state index contributed by atoms with van der Waals surface area (Å²) in [6.07, 6.45) is 5.10. The number of ether oxygens (including phenoxy) is 1. The average molecular weight is 399 g/mol. The van der Waals surface area contributed by atoms with Crippen LogP contribution in [0.1, 0.15) is 54.3 Å². The number of hydrogen-bond acceptors (Lipinski definition) is 5. The van der Waals surface area contributed by atoms with Crippen LogP contribution in [0.15, 0.2) is 34.9 Å². The zero-order valence-electron chi connectivity index (χ0n) is 17.1. The van der Waals surface area contributed by atoms with E-state index >= 15 is 0 Å². The molecule has 0 aliphatic carbocycles. The maximum Gasteiger partial charge on any atom is 0.254 e. The second-order valence-corrected chi connectivity index (χ2v) is 7.49. The molecule has 0 bridgehead atoms. The van der Waals surface area contributed by atoms with Crippen molar-refractivity contribution in [2.75, 3.05) is 25.0 Å². The fraction of sp³-hybridized carbons (Fsp3) is 0.500. The van der Waals surface area contributed by atoms with Gasteiger partial charge in [-0.2, -0.15) is 0 Å². The molecule has 1 N–H and O–H groups in total. The number of hydrogen-bond donors (Lipinski definition) is 1. The van der Waals surface area contributed by atoms with E-state index in [-0.39, 0.29) is 24.5 Å². The summed E-state index contributed by atoms with van der Waals surface area (Å²) in [5, 5.41) is 6.45. The van der Waals surface area contributed by atoms with Gasteiger partial charge in [0, 0.05) is 24.8 Å². The Labute approximate surface area is 171 Å². The van der Waals surface area contributed by atoms with Gasteiger partial charge in [0.25, 0.3) is 5.91 Å².